The Morgan fingerprint density at radius 1 is 1.27 bits per heavy atom. The summed E-state index contributed by atoms with van der Waals surface area (Å²) in [6, 6.07) is 14.0. The number of phenols is 1. The van der Waals surface area contributed by atoms with Gasteiger partial charge in [-0.3, -0.25) is 14.5 Å². The number of aryl methyl sites for hydroxylation is 1. The lowest BCUT2D eigenvalue weighted by atomic mass is 10.1. The van der Waals surface area contributed by atoms with Crippen molar-refractivity contribution in [2.45, 2.75) is 6.92 Å². The van der Waals surface area contributed by atoms with E-state index in [1.54, 1.807) is 18.2 Å². The molecule has 0 aliphatic carbocycles. The van der Waals surface area contributed by atoms with Gasteiger partial charge in [0.1, 0.15) is 16.6 Å². The number of carbonyl (C=O) groups is 2. The Hall–Kier alpha value is -2.64. The molecule has 1 heterocycles. The Labute approximate surface area is 160 Å². The van der Waals surface area contributed by atoms with Crippen molar-refractivity contribution in [2.75, 3.05) is 11.9 Å². The molecule has 2 amide bonds. The first-order valence-corrected chi connectivity index (χ1v) is 9.06. The summed E-state index contributed by atoms with van der Waals surface area (Å²) in [6.45, 7) is 1.82. The summed E-state index contributed by atoms with van der Waals surface area (Å²) in [6.07, 6.45) is 1.77. The van der Waals surface area contributed by atoms with E-state index in [1.165, 1.54) is 28.8 Å². The lowest BCUT2D eigenvalue weighted by molar-refractivity contribution is -0.126. The zero-order valence-electron chi connectivity index (χ0n) is 13.9. The molecule has 1 saturated heterocycles. The standard InChI is InChI=1S/C19H16N2O3S2/c1-12-5-7-13(8-6-12)9-16-18(24)21(19(25)26-16)11-17(23)20-14-3-2-4-15(22)10-14/h2-10,22H,11H2,1H3,(H,20,23)/b16-9+. The topological polar surface area (TPSA) is 69.6 Å². The number of aromatic hydroxyl groups is 1. The number of nitrogens with one attached hydrogen (secondary N) is 1. The van der Waals surface area contributed by atoms with Gasteiger partial charge in [-0.15, -0.1) is 0 Å². The first kappa shape index (κ1) is 18.2. The van der Waals surface area contributed by atoms with Gasteiger partial charge in [-0.2, -0.15) is 0 Å². The van der Waals surface area contributed by atoms with E-state index >= 15 is 0 Å². The van der Waals surface area contributed by atoms with Crippen molar-refractivity contribution in [1.82, 2.24) is 4.90 Å². The van der Waals surface area contributed by atoms with E-state index in [2.05, 4.69) is 5.32 Å². The van der Waals surface area contributed by atoms with Gasteiger partial charge in [-0.1, -0.05) is 59.9 Å². The van der Waals surface area contributed by atoms with E-state index in [0.717, 1.165) is 11.1 Å². The zero-order chi connectivity index (χ0) is 18.7. The van der Waals surface area contributed by atoms with E-state index in [4.69, 9.17) is 12.2 Å². The van der Waals surface area contributed by atoms with Crippen LogP contribution in [0.3, 0.4) is 0 Å². The van der Waals surface area contributed by atoms with Gasteiger partial charge in [0.25, 0.3) is 5.91 Å². The number of amides is 2. The van der Waals surface area contributed by atoms with Gasteiger partial charge in [-0.05, 0) is 30.7 Å². The molecule has 132 valence electrons. The molecule has 0 radical (unpaired) electrons. The molecule has 2 N–H and O–H groups in total. The Bertz CT molecular complexity index is 907. The fourth-order valence-corrected chi connectivity index (χ4v) is 3.63. The third-order valence-electron chi connectivity index (χ3n) is 3.68. The highest BCUT2D eigenvalue weighted by Gasteiger charge is 2.33. The van der Waals surface area contributed by atoms with Crippen LogP contribution in [-0.4, -0.2) is 32.7 Å². The number of rotatable bonds is 4. The molecule has 7 heteroatoms. The van der Waals surface area contributed by atoms with Crippen LogP contribution in [0.25, 0.3) is 6.08 Å². The van der Waals surface area contributed by atoms with Crippen molar-refractivity contribution in [3.8, 4) is 5.75 Å². The summed E-state index contributed by atoms with van der Waals surface area (Å²) in [7, 11) is 0. The third-order valence-corrected chi connectivity index (χ3v) is 5.06. The number of anilines is 1. The average molecular weight is 384 g/mol. The lowest BCUT2D eigenvalue weighted by Gasteiger charge is -2.14. The molecule has 1 aliphatic rings. The van der Waals surface area contributed by atoms with Crippen LogP contribution in [0.4, 0.5) is 5.69 Å². The average Bonchev–Trinajstić information content (AvgIpc) is 2.84. The molecule has 3 rings (SSSR count). The van der Waals surface area contributed by atoms with Crippen LogP contribution in [0.15, 0.2) is 53.4 Å². The Morgan fingerprint density at radius 2 is 2.00 bits per heavy atom. The number of nitrogens with zero attached hydrogens (tertiary/aromatic N) is 1. The molecule has 0 atom stereocenters. The van der Waals surface area contributed by atoms with Crippen molar-refractivity contribution in [2.24, 2.45) is 0 Å². The van der Waals surface area contributed by atoms with Crippen molar-refractivity contribution < 1.29 is 14.7 Å². The summed E-state index contributed by atoms with van der Waals surface area (Å²) in [4.78, 5) is 26.5. The van der Waals surface area contributed by atoms with Gasteiger partial charge < -0.3 is 10.4 Å². The monoisotopic (exact) mass is 384 g/mol. The number of thioether (sulfide) groups is 1. The lowest BCUT2D eigenvalue weighted by Crippen LogP contribution is -2.36. The zero-order valence-corrected chi connectivity index (χ0v) is 15.6. The van der Waals surface area contributed by atoms with Crippen LogP contribution in [0.1, 0.15) is 11.1 Å². The second-order valence-corrected chi connectivity index (χ2v) is 7.45. The largest absolute Gasteiger partial charge is 0.508 e. The summed E-state index contributed by atoms with van der Waals surface area (Å²) in [5.74, 6) is -0.621. The predicted octanol–water partition coefficient (Wildman–Crippen LogP) is 3.54. The molecule has 2 aromatic rings. The summed E-state index contributed by atoms with van der Waals surface area (Å²) >= 11 is 6.42. The fourth-order valence-electron chi connectivity index (χ4n) is 2.38. The molecule has 0 spiro atoms. The number of carbonyl (C=O) groups excluding carboxylic acids is 2. The Balaban J connectivity index is 1.69. The van der Waals surface area contributed by atoms with Crippen LogP contribution in [-0.2, 0) is 9.59 Å². The Kier molecular flexibility index (Phi) is 5.39. The minimum Gasteiger partial charge on any atom is -0.508 e. The second-order valence-electron chi connectivity index (χ2n) is 5.78. The van der Waals surface area contributed by atoms with Crippen LogP contribution in [0.2, 0.25) is 0 Å². The highest BCUT2D eigenvalue weighted by molar-refractivity contribution is 8.26. The van der Waals surface area contributed by atoms with Crippen LogP contribution in [0, 0.1) is 6.92 Å². The molecule has 1 fully saturated rings. The van der Waals surface area contributed by atoms with E-state index in [-0.39, 0.29) is 24.1 Å². The quantitative estimate of drug-likeness (QED) is 0.623. The van der Waals surface area contributed by atoms with Gasteiger partial charge in [0.15, 0.2) is 0 Å². The van der Waals surface area contributed by atoms with Crippen LogP contribution in [0.5, 0.6) is 5.75 Å². The molecule has 1 aliphatic heterocycles. The first-order valence-electron chi connectivity index (χ1n) is 7.83. The highest BCUT2D eigenvalue weighted by atomic mass is 32.2. The number of hydrogen-bond acceptors (Lipinski definition) is 5. The Morgan fingerprint density at radius 3 is 2.69 bits per heavy atom. The van der Waals surface area contributed by atoms with E-state index in [1.807, 2.05) is 31.2 Å². The molecule has 0 saturated carbocycles. The van der Waals surface area contributed by atoms with Crippen LogP contribution < -0.4 is 5.32 Å². The van der Waals surface area contributed by atoms with Crippen molar-refractivity contribution in [1.29, 1.82) is 0 Å². The smallest absolute Gasteiger partial charge is 0.266 e. The van der Waals surface area contributed by atoms with Gasteiger partial charge in [0.05, 0.1) is 4.91 Å². The SMILES string of the molecule is Cc1ccc(/C=C2/SC(=S)N(CC(=O)Nc3cccc(O)c3)C2=O)cc1. The maximum absolute atomic E-state index is 12.6. The summed E-state index contributed by atoms with van der Waals surface area (Å²) < 4.78 is 0.347. The number of phenolic OH excluding ortho intramolecular Hbond substituents is 1. The minimum atomic E-state index is -0.386. The maximum atomic E-state index is 12.6. The molecule has 26 heavy (non-hydrogen) atoms. The van der Waals surface area contributed by atoms with Crippen molar-refractivity contribution in [3.63, 3.8) is 0 Å². The first-order chi connectivity index (χ1) is 12.4. The van der Waals surface area contributed by atoms with E-state index in [0.29, 0.717) is 14.9 Å². The molecule has 0 unspecified atom stereocenters. The molecule has 0 aromatic heterocycles. The van der Waals surface area contributed by atoms with Gasteiger partial charge in [-0.25, -0.2) is 0 Å². The number of hydrogen-bond donors (Lipinski definition) is 2. The summed E-state index contributed by atoms with van der Waals surface area (Å²) in [5.41, 5.74) is 2.49. The normalized spacial score (nSPS) is 15.6. The number of benzene rings is 2. The van der Waals surface area contributed by atoms with Gasteiger partial charge in [0, 0.05) is 11.8 Å². The fraction of sp³-hybridized carbons (Fsp3) is 0.105. The maximum Gasteiger partial charge on any atom is 0.266 e. The molecule has 2 aromatic carbocycles. The van der Waals surface area contributed by atoms with Crippen molar-refractivity contribution in [3.05, 3.63) is 64.6 Å². The second kappa shape index (κ2) is 7.72. The van der Waals surface area contributed by atoms with Crippen molar-refractivity contribution >= 4 is 51.9 Å². The molecular formula is C19H16N2O3S2. The number of thiocarbonyl (C=S) groups is 1. The predicted molar refractivity (Wildman–Crippen MR) is 108 cm³/mol. The van der Waals surface area contributed by atoms with Gasteiger partial charge >= 0.3 is 0 Å². The van der Waals surface area contributed by atoms with Gasteiger partial charge in [0.2, 0.25) is 5.91 Å². The molecular weight excluding hydrogens is 368 g/mol. The third kappa shape index (κ3) is 4.30. The minimum absolute atomic E-state index is 0.0504. The molecule has 0 bridgehead atoms. The summed E-state index contributed by atoms with van der Waals surface area (Å²) in [5, 5.41) is 12.1. The van der Waals surface area contributed by atoms with Crippen LogP contribution >= 0.6 is 24.0 Å². The molecule has 5 nitrogen and oxygen atoms in total. The van der Waals surface area contributed by atoms with E-state index < -0.39 is 0 Å². The highest BCUT2D eigenvalue weighted by Crippen LogP contribution is 2.32. The van der Waals surface area contributed by atoms with E-state index in [9.17, 15) is 14.7 Å².